The van der Waals surface area contributed by atoms with E-state index < -0.39 is 0 Å². The number of thioether (sulfide) groups is 1. The van der Waals surface area contributed by atoms with Crippen molar-refractivity contribution in [2.45, 2.75) is 18.0 Å². The van der Waals surface area contributed by atoms with Gasteiger partial charge in [0.25, 0.3) is 0 Å². The summed E-state index contributed by atoms with van der Waals surface area (Å²) in [5.74, 6) is 0.936. The molecule has 106 valence electrons. The first-order valence-corrected chi connectivity index (χ1v) is 8.44. The van der Waals surface area contributed by atoms with Gasteiger partial charge in [-0.25, -0.2) is 0 Å². The molecule has 1 N–H and O–H groups in total. The summed E-state index contributed by atoms with van der Waals surface area (Å²) in [6, 6.07) is 14.5. The van der Waals surface area contributed by atoms with Gasteiger partial charge in [-0.1, -0.05) is 40.2 Å². The summed E-state index contributed by atoms with van der Waals surface area (Å²) in [6.07, 6.45) is 2.06. The van der Waals surface area contributed by atoms with E-state index in [0.717, 1.165) is 27.2 Å². The van der Waals surface area contributed by atoms with Crippen LogP contribution in [0.25, 0.3) is 0 Å². The highest BCUT2D eigenvalue weighted by Gasteiger charge is 2.05. The molecule has 0 amide bonds. The minimum Gasteiger partial charge on any atom is -0.488 e. The molecule has 0 fully saturated rings. The molecule has 2 rings (SSSR count). The first-order chi connectivity index (χ1) is 9.74. The lowest BCUT2D eigenvalue weighted by atomic mass is 10.1. The lowest BCUT2D eigenvalue weighted by Crippen LogP contribution is -2.05. The van der Waals surface area contributed by atoms with Crippen LogP contribution >= 0.6 is 27.7 Å². The second-order valence-corrected chi connectivity index (χ2v) is 6.10. The Morgan fingerprint density at radius 3 is 2.70 bits per heavy atom. The quantitative estimate of drug-likeness (QED) is 0.775. The summed E-state index contributed by atoms with van der Waals surface area (Å²) in [6.45, 7) is 1.44. The Hall–Kier alpha value is -0.970. The fourth-order valence-electron chi connectivity index (χ4n) is 1.92. The van der Waals surface area contributed by atoms with E-state index in [-0.39, 0.29) is 0 Å². The van der Waals surface area contributed by atoms with Gasteiger partial charge in [-0.15, -0.1) is 11.8 Å². The maximum absolute atomic E-state index is 5.93. The van der Waals surface area contributed by atoms with Gasteiger partial charge in [0.15, 0.2) is 0 Å². The average molecular weight is 352 g/mol. The summed E-state index contributed by atoms with van der Waals surface area (Å²) in [7, 11) is 1.95. The van der Waals surface area contributed by atoms with Gasteiger partial charge in [0.2, 0.25) is 0 Å². The van der Waals surface area contributed by atoms with E-state index in [1.54, 1.807) is 11.8 Å². The lowest BCUT2D eigenvalue weighted by Gasteiger charge is -2.12. The number of rotatable bonds is 6. The predicted molar refractivity (Wildman–Crippen MR) is 89.5 cm³/mol. The van der Waals surface area contributed by atoms with Gasteiger partial charge in [-0.05, 0) is 37.1 Å². The van der Waals surface area contributed by atoms with Crippen molar-refractivity contribution in [3.05, 3.63) is 58.1 Å². The van der Waals surface area contributed by atoms with Gasteiger partial charge in [-0.2, -0.15) is 0 Å². The molecule has 0 spiro atoms. The molecule has 2 nitrogen and oxygen atoms in total. The Balaban J connectivity index is 2.07. The molecular weight excluding hydrogens is 334 g/mol. The SMILES string of the molecule is CNCc1ccc(COc2ccccc2SC)c(Br)c1. The van der Waals surface area contributed by atoms with Crippen LogP contribution in [-0.4, -0.2) is 13.3 Å². The number of hydrogen-bond acceptors (Lipinski definition) is 3. The van der Waals surface area contributed by atoms with Crippen LogP contribution < -0.4 is 10.1 Å². The van der Waals surface area contributed by atoms with Crippen LogP contribution in [0.15, 0.2) is 51.8 Å². The normalized spacial score (nSPS) is 10.6. The fraction of sp³-hybridized carbons (Fsp3) is 0.250. The molecule has 0 saturated carbocycles. The molecule has 0 bridgehead atoms. The van der Waals surface area contributed by atoms with Gasteiger partial charge in [0.05, 0.1) is 0 Å². The van der Waals surface area contributed by atoms with E-state index in [1.807, 2.05) is 25.2 Å². The Labute approximate surface area is 133 Å². The Kier molecular flexibility index (Phi) is 5.95. The van der Waals surface area contributed by atoms with Crippen molar-refractivity contribution in [2.75, 3.05) is 13.3 Å². The molecule has 0 aromatic heterocycles. The second kappa shape index (κ2) is 7.72. The molecule has 0 atom stereocenters. The molecule has 2 aromatic rings. The first kappa shape index (κ1) is 15.4. The number of para-hydroxylation sites is 1. The number of benzene rings is 2. The van der Waals surface area contributed by atoms with E-state index in [9.17, 15) is 0 Å². The van der Waals surface area contributed by atoms with Crippen LogP contribution in [0.2, 0.25) is 0 Å². The number of ether oxygens (including phenoxy) is 1. The molecule has 2 aromatic carbocycles. The monoisotopic (exact) mass is 351 g/mol. The van der Waals surface area contributed by atoms with E-state index >= 15 is 0 Å². The molecule has 0 aliphatic rings. The van der Waals surface area contributed by atoms with E-state index in [1.165, 1.54) is 5.56 Å². The standard InChI is InChI=1S/C16H18BrNOS/c1-18-10-12-7-8-13(14(17)9-12)11-19-15-5-3-4-6-16(15)20-2/h3-9,18H,10-11H2,1-2H3. The smallest absolute Gasteiger partial charge is 0.133 e. The third-order valence-corrected chi connectivity index (χ3v) is 4.47. The van der Waals surface area contributed by atoms with E-state index in [4.69, 9.17) is 4.74 Å². The van der Waals surface area contributed by atoms with Gasteiger partial charge >= 0.3 is 0 Å². The van der Waals surface area contributed by atoms with Crippen LogP contribution in [0.4, 0.5) is 0 Å². The topological polar surface area (TPSA) is 21.3 Å². The summed E-state index contributed by atoms with van der Waals surface area (Å²) in [4.78, 5) is 1.16. The number of nitrogens with one attached hydrogen (secondary N) is 1. The van der Waals surface area contributed by atoms with Crippen LogP contribution in [-0.2, 0) is 13.2 Å². The Morgan fingerprint density at radius 1 is 1.20 bits per heavy atom. The maximum Gasteiger partial charge on any atom is 0.133 e. The van der Waals surface area contributed by atoms with Crippen molar-refractivity contribution in [1.82, 2.24) is 5.32 Å². The van der Waals surface area contributed by atoms with Crippen LogP contribution in [0.3, 0.4) is 0 Å². The van der Waals surface area contributed by atoms with Gasteiger partial charge in [0.1, 0.15) is 12.4 Å². The molecular formula is C16H18BrNOS. The van der Waals surface area contributed by atoms with Crippen molar-refractivity contribution < 1.29 is 4.74 Å². The maximum atomic E-state index is 5.93. The molecule has 0 heterocycles. The summed E-state index contributed by atoms with van der Waals surface area (Å²) in [5, 5.41) is 3.15. The Morgan fingerprint density at radius 2 is 2.00 bits per heavy atom. The summed E-state index contributed by atoms with van der Waals surface area (Å²) < 4.78 is 7.02. The second-order valence-electron chi connectivity index (χ2n) is 4.40. The summed E-state index contributed by atoms with van der Waals surface area (Å²) in [5.41, 5.74) is 2.41. The van der Waals surface area contributed by atoms with Crippen molar-refractivity contribution in [2.24, 2.45) is 0 Å². The Bertz CT molecular complexity index is 574. The number of hydrogen-bond donors (Lipinski definition) is 1. The van der Waals surface area contributed by atoms with Crippen LogP contribution in [0, 0.1) is 0 Å². The lowest BCUT2D eigenvalue weighted by molar-refractivity contribution is 0.298. The van der Waals surface area contributed by atoms with Crippen molar-refractivity contribution >= 4 is 27.7 Å². The first-order valence-electron chi connectivity index (χ1n) is 6.42. The average Bonchev–Trinajstić information content (AvgIpc) is 2.47. The molecule has 0 radical (unpaired) electrons. The number of halogens is 1. The highest BCUT2D eigenvalue weighted by molar-refractivity contribution is 9.10. The largest absolute Gasteiger partial charge is 0.488 e. The highest BCUT2D eigenvalue weighted by Crippen LogP contribution is 2.28. The molecule has 20 heavy (non-hydrogen) atoms. The van der Waals surface area contributed by atoms with Crippen LogP contribution in [0.1, 0.15) is 11.1 Å². The predicted octanol–water partition coefficient (Wildman–Crippen LogP) is 4.47. The van der Waals surface area contributed by atoms with Crippen LogP contribution in [0.5, 0.6) is 5.75 Å². The van der Waals surface area contributed by atoms with Gasteiger partial charge < -0.3 is 10.1 Å². The van der Waals surface area contributed by atoms with Gasteiger partial charge in [0, 0.05) is 21.5 Å². The van der Waals surface area contributed by atoms with E-state index in [2.05, 4.69) is 51.8 Å². The van der Waals surface area contributed by atoms with Crippen molar-refractivity contribution in [3.63, 3.8) is 0 Å². The fourth-order valence-corrected chi connectivity index (χ4v) is 3.00. The zero-order valence-electron chi connectivity index (χ0n) is 11.7. The molecule has 0 saturated heterocycles. The zero-order valence-corrected chi connectivity index (χ0v) is 14.1. The zero-order chi connectivity index (χ0) is 14.4. The van der Waals surface area contributed by atoms with Crippen molar-refractivity contribution in [3.8, 4) is 5.75 Å². The molecule has 0 aliphatic heterocycles. The highest BCUT2D eigenvalue weighted by atomic mass is 79.9. The molecule has 0 unspecified atom stereocenters. The minimum atomic E-state index is 0.567. The van der Waals surface area contributed by atoms with Crippen molar-refractivity contribution in [1.29, 1.82) is 0 Å². The molecule has 0 aliphatic carbocycles. The van der Waals surface area contributed by atoms with Gasteiger partial charge in [-0.3, -0.25) is 0 Å². The third kappa shape index (κ3) is 4.01. The molecule has 4 heteroatoms. The third-order valence-electron chi connectivity index (χ3n) is 2.95. The van der Waals surface area contributed by atoms with E-state index in [0.29, 0.717) is 6.61 Å². The summed E-state index contributed by atoms with van der Waals surface area (Å²) >= 11 is 5.31. The minimum absolute atomic E-state index is 0.567.